The van der Waals surface area contributed by atoms with Gasteiger partial charge in [-0.25, -0.2) is 9.78 Å². The predicted molar refractivity (Wildman–Crippen MR) is 66.2 cm³/mol. The second-order valence-electron chi connectivity index (χ2n) is 3.75. The van der Waals surface area contributed by atoms with Gasteiger partial charge in [-0.15, -0.1) is 0 Å². The molecule has 0 aliphatic carbocycles. The highest BCUT2D eigenvalue weighted by molar-refractivity contribution is 7.92. The second kappa shape index (κ2) is 3.99. The molecule has 0 aliphatic rings. The molecule has 3 N–H and O–H groups in total. The Labute approximate surface area is 106 Å². The number of hydrogen-bond donors (Lipinski definition) is 3. The smallest absolute Gasteiger partial charge is 0.408 e. The summed E-state index contributed by atoms with van der Waals surface area (Å²) in [4.78, 5) is 19.6. The van der Waals surface area contributed by atoms with Crippen LogP contribution in [0, 0.1) is 0 Å². The number of sulfonamides is 1. The van der Waals surface area contributed by atoms with Gasteiger partial charge in [-0.2, -0.15) is 8.42 Å². The topological polar surface area (TPSA) is 121 Å². The minimum atomic E-state index is -3.72. The maximum Gasteiger partial charge on any atom is 0.417 e. The van der Waals surface area contributed by atoms with Crippen molar-refractivity contribution in [2.45, 2.75) is 5.03 Å². The van der Waals surface area contributed by atoms with E-state index in [1.807, 2.05) is 0 Å². The number of benzene rings is 1. The van der Waals surface area contributed by atoms with Gasteiger partial charge in [-0.05, 0) is 18.2 Å². The number of aromatic amines is 2. The molecular weight excluding hydrogens is 272 g/mol. The van der Waals surface area contributed by atoms with Crippen LogP contribution in [0.25, 0.3) is 11.1 Å². The van der Waals surface area contributed by atoms with Gasteiger partial charge in [-0.1, -0.05) is 0 Å². The fourth-order valence-electron chi connectivity index (χ4n) is 1.62. The first-order valence-electron chi connectivity index (χ1n) is 5.19. The van der Waals surface area contributed by atoms with Crippen LogP contribution < -0.4 is 10.5 Å². The van der Waals surface area contributed by atoms with Crippen LogP contribution in [-0.4, -0.2) is 23.4 Å². The van der Waals surface area contributed by atoms with Gasteiger partial charge >= 0.3 is 5.76 Å². The van der Waals surface area contributed by atoms with E-state index >= 15 is 0 Å². The molecular formula is C10H8N4O4S. The quantitative estimate of drug-likeness (QED) is 0.650. The first-order valence-corrected chi connectivity index (χ1v) is 6.67. The molecule has 0 aliphatic heterocycles. The lowest BCUT2D eigenvalue weighted by atomic mass is 10.3. The van der Waals surface area contributed by atoms with E-state index in [1.165, 1.54) is 30.7 Å². The number of nitrogens with zero attached hydrogens (tertiary/aromatic N) is 1. The van der Waals surface area contributed by atoms with E-state index < -0.39 is 15.8 Å². The summed E-state index contributed by atoms with van der Waals surface area (Å²) in [6, 6.07) is 4.46. The van der Waals surface area contributed by atoms with Crippen molar-refractivity contribution in [1.82, 2.24) is 15.0 Å². The molecule has 0 atom stereocenters. The number of H-pyrrole nitrogens is 2. The fourth-order valence-corrected chi connectivity index (χ4v) is 2.57. The van der Waals surface area contributed by atoms with Crippen molar-refractivity contribution in [3.63, 3.8) is 0 Å². The zero-order valence-corrected chi connectivity index (χ0v) is 10.2. The number of rotatable bonds is 3. The lowest BCUT2D eigenvalue weighted by molar-refractivity contribution is 0.555. The van der Waals surface area contributed by atoms with Gasteiger partial charge in [-0.3, -0.25) is 9.71 Å². The second-order valence-corrected chi connectivity index (χ2v) is 5.40. The summed E-state index contributed by atoms with van der Waals surface area (Å²) in [6.07, 6.45) is 2.46. The number of imidazole rings is 1. The third-order valence-corrected chi connectivity index (χ3v) is 3.74. The summed E-state index contributed by atoms with van der Waals surface area (Å²) < 4.78 is 31.0. The van der Waals surface area contributed by atoms with Crippen LogP contribution in [0.5, 0.6) is 0 Å². The summed E-state index contributed by atoms with van der Waals surface area (Å²) in [6.45, 7) is 0. The van der Waals surface area contributed by atoms with E-state index in [1.54, 1.807) is 0 Å². The maximum atomic E-state index is 11.9. The zero-order chi connectivity index (χ0) is 13.5. The van der Waals surface area contributed by atoms with Crippen LogP contribution in [0.3, 0.4) is 0 Å². The van der Waals surface area contributed by atoms with Gasteiger partial charge in [0.05, 0.1) is 23.7 Å². The summed E-state index contributed by atoms with van der Waals surface area (Å²) in [5.74, 6) is -0.594. The van der Waals surface area contributed by atoms with Crippen LogP contribution in [0.2, 0.25) is 0 Å². The molecule has 0 saturated carbocycles. The standard InChI is InChI=1S/C10H8N4O4S/c15-10-13-7-3-6(1-2-8(7)18-10)14-19(16,17)9-4-11-5-12-9/h1-5,14H,(H,11,12)(H,13,15). The van der Waals surface area contributed by atoms with E-state index in [9.17, 15) is 13.2 Å². The molecule has 0 unspecified atom stereocenters. The average Bonchev–Trinajstić information content (AvgIpc) is 2.95. The Hall–Kier alpha value is -2.55. The fraction of sp³-hybridized carbons (Fsp3) is 0. The molecule has 0 fully saturated rings. The highest BCUT2D eigenvalue weighted by Gasteiger charge is 2.16. The number of hydrogen-bond acceptors (Lipinski definition) is 5. The molecule has 1 aromatic carbocycles. The SMILES string of the molecule is O=c1[nH]c2cc(NS(=O)(=O)c3cnc[nH]3)ccc2o1. The van der Waals surface area contributed by atoms with Crippen LogP contribution >= 0.6 is 0 Å². The van der Waals surface area contributed by atoms with Crippen molar-refractivity contribution in [2.24, 2.45) is 0 Å². The predicted octanol–water partition coefficient (Wildman–Crippen LogP) is 0.645. The largest absolute Gasteiger partial charge is 0.417 e. The Balaban J connectivity index is 1.99. The Morgan fingerprint density at radius 3 is 2.89 bits per heavy atom. The molecule has 98 valence electrons. The molecule has 9 heteroatoms. The molecule has 0 spiro atoms. The molecule has 0 bridgehead atoms. The van der Waals surface area contributed by atoms with Crippen molar-refractivity contribution in [2.75, 3.05) is 4.72 Å². The molecule has 2 heterocycles. The lowest BCUT2D eigenvalue weighted by Crippen LogP contribution is -2.13. The van der Waals surface area contributed by atoms with Crippen LogP contribution in [0.15, 0.2) is 45.0 Å². The summed E-state index contributed by atoms with van der Waals surface area (Å²) in [5.41, 5.74) is 1.07. The third kappa shape index (κ3) is 2.10. The van der Waals surface area contributed by atoms with E-state index in [0.717, 1.165) is 0 Å². The minimum Gasteiger partial charge on any atom is -0.408 e. The van der Waals surface area contributed by atoms with Gasteiger partial charge in [0, 0.05) is 0 Å². The number of oxazole rings is 1. The van der Waals surface area contributed by atoms with Crippen molar-refractivity contribution >= 4 is 26.8 Å². The first kappa shape index (κ1) is 11.5. The van der Waals surface area contributed by atoms with E-state index in [4.69, 9.17) is 4.42 Å². The van der Waals surface area contributed by atoms with Gasteiger partial charge in [0.1, 0.15) is 0 Å². The molecule has 0 radical (unpaired) electrons. The minimum absolute atomic E-state index is 0.0479. The van der Waals surface area contributed by atoms with Gasteiger partial charge in [0.2, 0.25) is 0 Å². The molecule has 0 saturated heterocycles. The highest BCUT2D eigenvalue weighted by atomic mass is 32.2. The molecule has 3 aromatic rings. The lowest BCUT2D eigenvalue weighted by Gasteiger charge is -2.05. The Morgan fingerprint density at radius 1 is 1.32 bits per heavy atom. The number of anilines is 1. The molecule has 8 nitrogen and oxygen atoms in total. The number of fused-ring (bicyclic) bond motifs is 1. The maximum absolute atomic E-state index is 11.9. The summed E-state index contributed by atoms with van der Waals surface area (Å²) in [5, 5.41) is -0.0479. The van der Waals surface area contributed by atoms with Crippen molar-refractivity contribution in [3.05, 3.63) is 41.3 Å². The Morgan fingerprint density at radius 2 is 2.16 bits per heavy atom. The zero-order valence-electron chi connectivity index (χ0n) is 9.38. The third-order valence-electron chi connectivity index (χ3n) is 2.43. The van der Waals surface area contributed by atoms with E-state index in [0.29, 0.717) is 16.8 Å². The summed E-state index contributed by atoms with van der Waals surface area (Å²) in [7, 11) is -3.72. The van der Waals surface area contributed by atoms with Crippen LogP contribution in [0.4, 0.5) is 5.69 Å². The number of nitrogens with one attached hydrogen (secondary N) is 3. The van der Waals surface area contributed by atoms with Gasteiger partial charge in [0.25, 0.3) is 10.0 Å². The Bertz CT molecular complexity index is 876. The Kier molecular flexibility index (Phi) is 2.42. The monoisotopic (exact) mass is 280 g/mol. The molecule has 3 rings (SSSR count). The molecule has 2 aromatic heterocycles. The normalized spacial score (nSPS) is 11.8. The molecule has 19 heavy (non-hydrogen) atoms. The van der Waals surface area contributed by atoms with Gasteiger partial charge in [0.15, 0.2) is 10.6 Å². The van der Waals surface area contributed by atoms with Crippen LogP contribution in [-0.2, 0) is 10.0 Å². The van der Waals surface area contributed by atoms with Crippen LogP contribution in [0.1, 0.15) is 0 Å². The van der Waals surface area contributed by atoms with Crippen molar-refractivity contribution < 1.29 is 12.8 Å². The number of aromatic nitrogens is 3. The van der Waals surface area contributed by atoms with Crippen molar-refractivity contribution in [3.8, 4) is 0 Å². The first-order chi connectivity index (χ1) is 9.04. The van der Waals surface area contributed by atoms with Gasteiger partial charge < -0.3 is 9.40 Å². The van der Waals surface area contributed by atoms with E-state index in [2.05, 4.69) is 19.7 Å². The highest BCUT2D eigenvalue weighted by Crippen LogP contribution is 2.18. The van der Waals surface area contributed by atoms with Crippen molar-refractivity contribution in [1.29, 1.82) is 0 Å². The summed E-state index contributed by atoms with van der Waals surface area (Å²) >= 11 is 0. The average molecular weight is 280 g/mol. The van der Waals surface area contributed by atoms with E-state index in [-0.39, 0.29) is 5.03 Å². The molecule has 0 amide bonds.